The van der Waals surface area contributed by atoms with Crippen LogP contribution in [0.5, 0.6) is 0 Å². The molecule has 4 aromatic carbocycles. The molecule has 0 fully saturated rings. The van der Waals surface area contributed by atoms with Crippen molar-refractivity contribution in [1.82, 2.24) is 19.1 Å². The monoisotopic (exact) mass is 576 g/mol. The molecule has 0 unspecified atom stereocenters. The molecule has 0 atom stereocenters. The first-order valence-corrected chi connectivity index (χ1v) is 14.5. The van der Waals surface area contributed by atoms with Gasteiger partial charge in [-0.2, -0.15) is 0 Å². The van der Waals surface area contributed by atoms with E-state index < -0.39 is 0 Å². The lowest BCUT2D eigenvalue weighted by atomic mass is 10.1. The van der Waals surface area contributed by atoms with E-state index in [0.29, 0.717) is 28.5 Å². The van der Waals surface area contributed by atoms with E-state index in [1.54, 1.807) is 9.13 Å². The molecule has 6 rings (SSSR count). The largest absolute Gasteiger partial charge is 0.268 e. The van der Waals surface area contributed by atoms with Gasteiger partial charge in [-0.25, -0.2) is 9.97 Å². The molecule has 0 aliphatic carbocycles. The predicted molar refractivity (Wildman–Crippen MR) is 173 cm³/mol. The van der Waals surface area contributed by atoms with Crippen LogP contribution in [0.25, 0.3) is 33.2 Å². The summed E-state index contributed by atoms with van der Waals surface area (Å²) in [6, 6.07) is 27.2. The Kier molecular flexibility index (Phi) is 8.36. The van der Waals surface area contributed by atoms with Crippen molar-refractivity contribution in [3.05, 3.63) is 140 Å². The van der Waals surface area contributed by atoms with Crippen LogP contribution < -0.4 is 11.1 Å². The second kappa shape index (κ2) is 12.1. The van der Waals surface area contributed by atoms with Crippen molar-refractivity contribution < 1.29 is 0 Å². The van der Waals surface area contributed by atoms with E-state index in [2.05, 4.69) is 4.98 Å². The lowest BCUT2D eigenvalue weighted by molar-refractivity contribution is 0.828. The third-order valence-corrected chi connectivity index (χ3v) is 7.74. The molecule has 0 aliphatic rings. The van der Waals surface area contributed by atoms with E-state index >= 15 is 0 Å². The number of hydrogen-bond acceptors (Lipinski definition) is 4. The summed E-state index contributed by atoms with van der Waals surface area (Å²) in [5.74, 6) is 1.55. The van der Waals surface area contributed by atoms with Gasteiger partial charge in [0.15, 0.2) is 0 Å². The first-order chi connectivity index (χ1) is 20.3. The number of aromatic nitrogens is 4. The third-order valence-electron chi connectivity index (χ3n) is 7.50. The van der Waals surface area contributed by atoms with E-state index in [9.17, 15) is 9.59 Å². The SMILES string of the molecule is CCc1nc2cccc(C)c2c(=O)n1-c1ccccc1C.Cc1ccccc1-n1c(CCl)nc2cccc(C)c2c1=O. The molecule has 42 heavy (non-hydrogen) atoms. The van der Waals surface area contributed by atoms with Gasteiger partial charge in [-0.15, -0.1) is 11.6 Å². The average Bonchev–Trinajstić information content (AvgIpc) is 2.98. The summed E-state index contributed by atoms with van der Waals surface area (Å²) in [6.45, 7) is 9.90. The number of alkyl halides is 1. The Bertz CT molecular complexity index is 1910. The Morgan fingerprint density at radius 3 is 1.40 bits per heavy atom. The smallest absolute Gasteiger partial charge is 0.266 e. The van der Waals surface area contributed by atoms with Gasteiger partial charge in [0, 0.05) is 6.42 Å². The Labute approximate surface area is 249 Å². The number of benzene rings is 4. The van der Waals surface area contributed by atoms with Crippen molar-refractivity contribution in [2.24, 2.45) is 0 Å². The first-order valence-electron chi connectivity index (χ1n) is 14.0. The van der Waals surface area contributed by atoms with Gasteiger partial charge >= 0.3 is 0 Å². The maximum atomic E-state index is 13.0. The highest BCUT2D eigenvalue weighted by molar-refractivity contribution is 6.16. The second-order valence-corrected chi connectivity index (χ2v) is 10.6. The minimum atomic E-state index is -0.0666. The van der Waals surface area contributed by atoms with Crippen LogP contribution in [0.1, 0.15) is 40.8 Å². The number of rotatable bonds is 4. The first kappa shape index (κ1) is 29.0. The van der Waals surface area contributed by atoms with Gasteiger partial charge in [-0.3, -0.25) is 18.7 Å². The fourth-order valence-electron chi connectivity index (χ4n) is 5.34. The second-order valence-electron chi connectivity index (χ2n) is 10.3. The highest BCUT2D eigenvalue weighted by Crippen LogP contribution is 2.20. The van der Waals surface area contributed by atoms with Crippen LogP contribution in [-0.4, -0.2) is 19.1 Å². The van der Waals surface area contributed by atoms with Gasteiger partial charge in [-0.05, 0) is 74.2 Å². The zero-order valence-corrected chi connectivity index (χ0v) is 25.2. The molecule has 0 saturated heterocycles. The van der Waals surface area contributed by atoms with Crippen LogP contribution >= 0.6 is 11.6 Å². The number of halogens is 1. The highest BCUT2D eigenvalue weighted by Gasteiger charge is 2.15. The molecule has 0 aliphatic heterocycles. The van der Waals surface area contributed by atoms with Gasteiger partial charge in [0.2, 0.25) is 0 Å². The molecule has 212 valence electrons. The van der Waals surface area contributed by atoms with Crippen molar-refractivity contribution >= 4 is 33.4 Å². The van der Waals surface area contributed by atoms with Gasteiger partial charge in [-0.1, -0.05) is 67.6 Å². The predicted octanol–water partition coefficient (Wildman–Crippen LogP) is 7.31. The Morgan fingerprint density at radius 2 is 0.976 bits per heavy atom. The van der Waals surface area contributed by atoms with Crippen molar-refractivity contribution in [1.29, 1.82) is 0 Å². The molecule has 0 N–H and O–H groups in total. The van der Waals surface area contributed by atoms with Crippen molar-refractivity contribution in [2.45, 2.75) is 46.9 Å². The van der Waals surface area contributed by atoms with Crippen LogP contribution in [0.3, 0.4) is 0 Å². The van der Waals surface area contributed by atoms with E-state index in [4.69, 9.17) is 16.6 Å². The number of fused-ring (bicyclic) bond motifs is 2. The lowest BCUT2D eigenvalue weighted by Crippen LogP contribution is -2.24. The van der Waals surface area contributed by atoms with E-state index in [0.717, 1.165) is 45.0 Å². The number of para-hydroxylation sites is 2. The summed E-state index contributed by atoms with van der Waals surface area (Å²) in [7, 11) is 0. The van der Waals surface area contributed by atoms with Crippen LogP contribution in [0.4, 0.5) is 0 Å². The minimum Gasteiger partial charge on any atom is -0.268 e. The molecule has 6 aromatic rings. The quantitative estimate of drug-likeness (QED) is 0.206. The summed E-state index contributed by atoms with van der Waals surface area (Å²) in [5.41, 5.74) is 7.15. The Balaban J connectivity index is 0.000000168. The standard InChI is InChI=1S/C18H18N2O.C17H15ClN2O/c1-4-16-19-14-10-7-9-13(3)17(14)18(21)20(16)15-11-6-5-8-12(15)2;1-11-6-3-4-9-14(11)20-15(10-18)19-13-8-5-7-12(2)16(13)17(20)21/h5-11H,4H2,1-3H3;3-9H,10H2,1-2H3. The molecular formula is C35H33ClN4O2. The molecule has 0 spiro atoms. The molecule has 2 aromatic heterocycles. The molecule has 6 nitrogen and oxygen atoms in total. The minimum absolute atomic E-state index is 0.0178. The average molecular weight is 577 g/mol. The molecular weight excluding hydrogens is 544 g/mol. The Hall–Kier alpha value is -4.55. The number of nitrogens with zero attached hydrogens (tertiary/aromatic N) is 4. The molecule has 0 bridgehead atoms. The van der Waals surface area contributed by atoms with Gasteiger partial charge in [0.05, 0.1) is 39.1 Å². The maximum Gasteiger partial charge on any atom is 0.266 e. The maximum absolute atomic E-state index is 13.0. The summed E-state index contributed by atoms with van der Waals surface area (Å²) < 4.78 is 3.38. The highest BCUT2D eigenvalue weighted by atomic mass is 35.5. The Morgan fingerprint density at radius 1 is 0.571 bits per heavy atom. The fraction of sp³-hybridized carbons (Fsp3) is 0.200. The zero-order chi connectivity index (χ0) is 30.0. The van der Waals surface area contributed by atoms with Crippen LogP contribution in [-0.2, 0) is 12.3 Å². The molecule has 0 radical (unpaired) electrons. The van der Waals surface area contributed by atoms with Gasteiger partial charge in [0.1, 0.15) is 11.6 Å². The van der Waals surface area contributed by atoms with Crippen molar-refractivity contribution in [2.75, 3.05) is 0 Å². The van der Waals surface area contributed by atoms with Gasteiger partial charge < -0.3 is 0 Å². The van der Waals surface area contributed by atoms with Crippen LogP contribution in [0.2, 0.25) is 0 Å². The summed E-state index contributed by atoms with van der Waals surface area (Å²) >= 11 is 6.02. The van der Waals surface area contributed by atoms with Gasteiger partial charge in [0.25, 0.3) is 11.1 Å². The molecule has 0 saturated carbocycles. The van der Waals surface area contributed by atoms with E-state index in [1.165, 1.54) is 0 Å². The van der Waals surface area contributed by atoms with E-state index in [1.807, 2.05) is 120 Å². The van der Waals surface area contributed by atoms with E-state index in [-0.39, 0.29) is 17.0 Å². The number of aryl methyl sites for hydroxylation is 5. The topological polar surface area (TPSA) is 69.8 Å². The molecule has 7 heteroatoms. The third kappa shape index (κ3) is 5.26. The summed E-state index contributed by atoms with van der Waals surface area (Å²) in [4.78, 5) is 35.2. The van der Waals surface area contributed by atoms with Crippen molar-refractivity contribution in [3.8, 4) is 11.4 Å². The lowest BCUT2D eigenvalue weighted by Gasteiger charge is -2.15. The fourth-order valence-corrected chi connectivity index (χ4v) is 5.52. The summed E-state index contributed by atoms with van der Waals surface area (Å²) in [6.07, 6.45) is 0.716. The molecule has 0 amide bonds. The summed E-state index contributed by atoms with van der Waals surface area (Å²) in [5, 5.41) is 1.35. The van der Waals surface area contributed by atoms with Crippen LogP contribution in [0, 0.1) is 27.7 Å². The van der Waals surface area contributed by atoms with Crippen LogP contribution in [0.15, 0.2) is 94.5 Å². The normalized spacial score (nSPS) is 11.0. The van der Waals surface area contributed by atoms with Crippen molar-refractivity contribution in [3.63, 3.8) is 0 Å². The number of hydrogen-bond donors (Lipinski definition) is 0. The zero-order valence-electron chi connectivity index (χ0n) is 24.5. The molecule has 2 heterocycles.